The summed E-state index contributed by atoms with van der Waals surface area (Å²) in [5.41, 5.74) is 2.33. The van der Waals surface area contributed by atoms with Crippen LogP contribution in [0.1, 0.15) is 31.7 Å². The molecule has 1 amide bonds. The highest BCUT2D eigenvalue weighted by Gasteiger charge is 2.23. The summed E-state index contributed by atoms with van der Waals surface area (Å²) >= 11 is 8.01. The van der Waals surface area contributed by atoms with E-state index in [0.717, 1.165) is 30.6 Å². The third-order valence-electron chi connectivity index (χ3n) is 5.17. The standard InChI is InChI=1S/C20H22N4O2S3/c1-12-6-8-14(9-7-12)24-17-16(29-20(24)27)18(26)22-19(21-17)28-11-15(25)23-10-4-3-5-13(23)2/h6-9,13H,3-5,10-11H2,1-2H3,(H,21,22,26)/t13-/m0/s1. The van der Waals surface area contributed by atoms with Gasteiger partial charge in [0.25, 0.3) is 5.56 Å². The number of nitrogens with one attached hydrogen (secondary N) is 1. The molecule has 0 radical (unpaired) electrons. The largest absolute Gasteiger partial charge is 0.339 e. The van der Waals surface area contributed by atoms with Gasteiger partial charge in [0.2, 0.25) is 5.91 Å². The van der Waals surface area contributed by atoms with Crippen molar-refractivity contribution in [2.75, 3.05) is 12.3 Å². The van der Waals surface area contributed by atoms with Gasteiger partial charge in [-0.2, -0.15) is 0 Å². The molecule has 152 valence electrons. The zero-order valence-corrected chi connectivity index (χ0v) is 18.8. The first kappa shape index (κ1) is 20.3. The lowest BCUT2D eigenvalue weighted by molar-refractivity contribution is -0.131. The number of thiazole rings is 1. The molecule has 0 aliphatic carbocycles. The summed E-state index contributed by atoms with van der Waals surface area (Å²) in [7, 11) is 0. The fourth-order valence-corrected chi connectivity index (χ4v) is 5.58. The molecule has 2 aromatic heterocycles. The first-order valence-corrected chi connectivity index (χ1v) is 11.8. The Kier molecular flexibility index (Phi) is 5.89. The van der Waals surface area contributed by atoms with Crippen LogP contribution in [0.25, 0.3) is 16.0 Å². The van der Waals surface area contributed by atoms with Crippen molar-refractivity contribution in [1.29, 1.82) is 0 Å². The van der Waals surface area contributed by atoms with E-state index in [1.165, 1.54) is 29.5 Å². The summed E-state index contributed by atoms with van der Waals surface area (Å²) < 4.78 is 2.89. The molecule has 9 heteroatoms. The van der Waals surface area contributed by atoms with Crippen LogP contribution in [0, 0.1) is 10.9 Å². The van der Waals surface area contributed by atoms with Gasteiger partial charge in [0.05, 0.1) is 5.75 Å². The van der Waals surface area contributed by atoms with Gasteiger partial charge in [-0.05, 0) is 57.5 Å². The number of carbonyl (C=O) groups excluding carboxylic acids is 1. The van der Waals surface area contributed by atoms with Crippen molar-refractivity contribution < 1.29 is 4.79 Å². The molecule has 1 atom stereocenters. The van der Waals surface area contributed by atoms with Gasteiger partial charge in [0.15, 0.2) is 14.8 Å². The third kappa shape index (κ3) is 4.17. The first-order valence-electron chi connectivity index (χ1n) is 9.59. The minimum atomic E-state index is -0.224. The van der Waals surface area contributed by atoms with Crippen molar-refractivity contribution in [3.05, 3.63) is 44.1 Å². The molecule has 3 heterocycles. The number of nitrogens with zero attached hydrogens (tertiary/aromatic N) is 3. The summed E-state index contributed by atoms with van der Waals surface area (Å²) in [6.07, 6.45) is 3.27. The van der Waals surface area contributed by atoms with E-state index < -0.39 is 0 Å². The molecule has 1 N–H and O–H groups in total. The molecule has 0 saturated carbocycles. The van der Waals surface area contributed by atoms with Gasteiger partial charge in [0, 0.05) is 18.3 Å². The number of benzene rings is 1. The van der Waals surface area contributed by atoms with Gasteiger partial charge >= 0.3 is 0 Å². The third-order valence-corrected chi connectivity index (χ3v) is 7.39. The number of aromatic nitrogens is 3. The second kappa shape index (κ2) is 8.41. The summed E-state index contributed by atoms with van der Waals surface area (Å²) in [5.74, 6) is 0.347. The van der Waals surface area contributed by atoms with Crippen LogP contribution in [0.5, 0.6) is 0 Å². The van der Waals surface area contributed by atoms with Crippen LogP contribution in [0.4, 0.5) is 0 Å². The minimum absolute atomic E-state index is 0.0885. The molecule has 0 unspecified atom stereocenters. The Morgan fingerprint density at radius 1 is 1.34 bits per heavy atom. The average Bonchev–Trinajstić information content (AvgIpc) is 3.04. The van der Waals surface area contributed by atoms with Gasteiger partial charge in [-0.1, -0.05) is 40.8 Å². The summed E-state index contributed by atoms with van der Waals surface area (Å²) in [6, 6.07) is 8.21. The Morgan fingerprint density at radius 2 is 2.10 bits per heavy atom. The quantitative estimate of drug-likeness (QED) is 0.367. The van der Waals surface area contributed by atoms with Crippen LogP contribution >= 0.6 is 35.3 Å². The zero-order chi connectivity index (χ0) is 20.5. The van der Waals surface area contributed by atoms with Crippen molar-refractivity contribution in [1.82, 2.24) is 19.4 Å². The number of carbonyl (C=O) groups is 1. The highest BCUT2D eigenvalue weighted by atomic mass is 32.2. The first-order chi connectivity index (χ1) is 13.9. The van der Waals surface area contributed by atoms with E-state index in [0.29, 0.717) is 19.5 Å². The van der Waals surface area contributed by atoms with Gasteiger partial charge in [-0.15, -0.1) is 0 Å². The van der Waals surface area contributed by atoms with Crippen molar-refractivity contribution in [2.24, 2.45) is 0 Å². The Bertz CT molecular complexity index is 1160. The number of amides is 1. The molecule has 1 aromatic carbocycles. The van der Waals surface area contributed by atoms with E-state index >= 15 is 0 Å². The van der Waals surface area contributed by atoms with Crippen LogP contribution in [0.3, 0.4) is 0 Å². The SMILES string of the molecule is Cc1ccc(-n2c(=S)sc3c(=O)[nH]c(SCC(=O)N4CCCC[C@@H]4C)nc32)cc1. The topological polar surface area (TPSA) is 71.0 Å². The van der Waals surface area contributed by atoms with E-state index in [4.69, 9.17) is 12.2 Å². The maximum absolute atomic E-state index is 12.6. The number of thioether (sulfide) groups is 1. The van der Waals surface area contributed by atoms with E-state index in [1.807, 2.05) is 40.7 Å². The van der Waals surface area contributed by atoms with Crippen molar-refractivity contribution >= 4 is 51.6 Å². The molecule has 29 heavy (non-hydrogen) atoms. The number of aryl methyl sites for hydroxylation is 1. The molecule has 6 nitrogen and oxygen atoms in total. The van der Waals surface area contributed by atoms with Gasteiger partial charge in [-0.25, -0.2) is 4.98 Å². The van der Waals surface area contributed by atoms with E-state index in [-0.39, 0.29) is 23.3 Å². The summed E-state index contributed by atoms with van der Waals surface area (Å²) in [5, 5.41) is 0.439. The smallest absolute Gasteiger partial charge is 0.271 e. The molecule has 1 fully saturated rings. The zero-order valence-electron chi connectivity index (χ0n) is 16.3. The highest BCUT2D eigenvalue weighted by Crippen LogP contribution is 2.25. The lowest BCUT2D eigenvalue weighted by Crippen LogP contribution is -2.43. The van der Waals surface area contributed by atoms with Crippen LogP contribution < -0.4 is 5.56 Å². The van der Waals surface area contributed by atoms with Crippen molar-refractivity contribution in [2.45, 2.75) is 44.3 Å². The Labute approximate surface area is 182 Å². The molecular weight excluding hydrogens is 424 g/mol. The molecule has 3 aromatic rings. The highest BCUT2D eigenvalue weighted by molar-refractivity contribution is 7.99. The Hall–Kier alpha value is -1.97. The predicted octanol–water partition coefficient (Wildman–Crippen LogP) is 4.31. The number of aromatic amines is 1. The summed E-state index contributed by atoms with van der Waals surface area (Å²) in [6.45, 7) is 4.92. The number of fused-ring (bicyclic) bond motifs is 1. The van der Waals surface area contributed by atoms with Gasteiger partial charge < -0.3 is 9.88 Å². The van der Waals surface area contributed by atoms with Gasteiger partial charge in [0.1, 0.15) is 4.70 Å². The number of H-pyrrole nitrogens is 1. The average molecular weight is 447 g/mol. The number of likely N-dealkylation sites (tertiary alicyclic amines) is 1. The summed E-state index contributed by atoms with van der Waals surface area (Å²) in [4.78, 5) is 34.6. The van der Waals surface area contributed by atoms with E-state index in [2.05, 4.69) is 16.9 Å². The lowest BCUT2D eigenvalue weighted by atomic mass is 10.0. The number of rotatable bonds is 4. The minimum Gasteiger partial charge on any atom is -0.339 e. The molecule has 1 aliphatic heterocycles. The van der Waals surface area contributed by atoms with Crippen molar-refractivity contribution in [3.8, 4) is 5.69 Å². The lowest BCUT2D eigenvalue weighted by Gasteiger charge is -2.33. The monoisotopic (exact) mass is 446 g/mol. The maximum atomic E-state index is 12.6. The van der Waals surface area contributed by atoms with Crippen LogP contribution in [-0.4, -0.2) is 43.7 Å². The Morgan fingerprint density at radius 3 is 2.83 bits per heavy atom. The van der Waals surface area contributed by atoms with Crippen molar-refractivity contribution in [3.63, 3.8) is 0 Å². The van der Waals surface area contributed by atoms with E-state index in [1.54, 1.807) is 0 Å². The van der Waals surface area contributed by atoms with Crippen LogP contribution in [0.2, 0.25) is 0 Å². The van der Waals surface area contributed by atoms with Crippen LogP contribution in [-0.2, 0) is 4.79 Å². The molecule has 4 rings (SSSR count). The molecular formula is C20H22N4O2S3. The molecule has 1 saturated heterocycles. The van der Waals surface area contributed by atoms with E-state index in [9.17, 15) is 9.59 Å². The fourth-order valence-electron chi connectivity index (χ4n) is 3.56. The molecule has 0 spiro atoms. The molecule has 0 bridgehead atoms. The Balaban J connectivity index is 1.63. The number of piperidine rings is 1. The van der Waals surface area contributed by atoms with Gasteiger partial charge in [-0.3, -0.25) is 14.2 Å². The maximum Gasteiger partial charge on any atom is 0.271 e. The second-order valence-electron chi connectivity index (χ2n) is 7.28. The fraction of sp³-hybridized carbons (Fsp3) is 0.400. The second-order valence-corrected chi connectivity index (χ2v) is 9.89. The normalized spacial score (nSPS) is 17.0. The molecule has 1 aliphatic rings. The number of hydrogen-bond donors (Lipinski definition) is 1. The predicted molar refractivity (Wildman–Crippen MR) is 121 cm³/mol. The van der Waals surface area contributed by atoms with Crippen LogP contribution in [0.15, 0.2) is 34.2 Å². The number of hydrogen-bond acceptors (Lipinski definition) is 6.